The number of aliphatic hydroxyl groups is 6. The Morgan fingerprint density at radius 1 is 0.667 bits per heavy atom. The molecule has 6 unspecified atom stereocenters. The zero-order valence-corrected chi connectivity index (χ0v) is 8.79. The molecule has 0 aromatic rings. The second kappa shape index (κ2) is 5.44. The van der Waals surface area contributed by atoms with Crippen LogP contribution in [0.25, 0.3) is 0 Å². The fraction of sp³-hybridized carbons (Fsp3) is 1.00. The zero-order chi connectivity index (χ0) is 11.6. The van der Waals surface area contributed by atoms with Crippen LogP contribution in [0.3, 0.4) is 0 Å². The molecule has 0 bridgehead atoms. The fourth-order valence-electron chi connectivity index (χ4n) is 1.53. The lowest BCUT2D eigenvalue weighted by atomic mass is 9.99. The lowest BCUT2D eigenvalue weighted by molar-refractivity contribution is -0.104. The molecule has 15 heavy (non-hydrogen) atoms. The van der Waals surface area contributed by atoms with E-state index in [-0.39, 0.29) is 0 Å². The molecule has 1 rings (SSSR count). The summed E-state index contributed by atoms with van der Waals surface area (Å²) >= 11 is 0.956. The van der Waals surface area contributed by atoms with Crippen molar-refractivity contribution >= 4 is 11.8 Å². The van der Waals surface area contributed by atoms with Crippen LogP contribution < -0.4 is 0 Å². The second-order valence-corrected chi connectivity index (χ2v) is 5.02. The molecule has 0 aromatic carbocycles. The standard InChI is InChI=1S/C8H16O6S/c9-1-3-5(11)7(13)8(14)6(12)4(2-10)15-3/h3-14H,1-2H2. The largest absolute Gasteiger partial charge is 0.395 e. The first-order chi connectivity index (χ1) is 7.02. The molecule has 6 nitrogen and oxygen atoms in total. The first kappa shape index (κ1) is 13.2. The van der Waals surface area contributed by atoms with Crippen molar-refractivity contribution in [2.45, 2.75) is 34.9 Å². The highest BCUT2D eigenvalue weighted by Crippen LogP contribution is 2.31. The van der Waals surface area contributed by atoms with E-state index in [0.29, 0.717) is 0 Å². The molecule has 0 saturated carbocycles. The number of thioether (sulfide) groups is 1. The molecule has 6 atom stereocenters. The predicted octanol–water partition coefficient (Wildman–Crippen LogP) is -3.10. The van der Waals surface area contributed by atoms with Gasteiger partial charge >= 0.3 is 0 Å². The molecule has 1 aliphatic heterocycles. The molecule has 1 saturated heterocycles. The van der Waals surface area contributed by atoms with Crippen molar-refractivity contribution in [2.75, 3.05) is 13.2 Å². The maximum absolute atomic E-state index is 9.54. The van der Waals surface area contributed by atoms with Crippen molar-refractivity contribution in [3.05, 3.63) is 0 Å². The van der Waals surface area contributed by atoms with Gasteiger partial charge in [-0.15, -0.1) is 11.8 Å². The van der Waals surface area contributed by atoms with E-state index in [4.69, 9.17) is 10.2 Å². The van der Waals surface area contributed by atoms with Crippen LogP contribution in [0.15, 0.2) is 0 Å². The maximum Gasteiger partial charge on any atom is 0.109 e. The van der Waals surface area contributed by atoms with Gasteiger partial charge in [0, 0.05) is 0 Å². The molecular weight excluding hydrogens is 224 g/mol. The van der Waals surface area contributed by atoms with Crippen LogP contribution in [-0.4, -0.2) is 78.8 Å². The van der Waals surface area contributed by atoms with E-state index in [1.54, 1.807) is 0 Å². The molecule has 90 valence electrons. The first-order valence-corrected chi connectivity index (χ1v) is 5.56. The molecule has 6 N–H and O–H groups in total. The van der Waals surface area contributed by atoms with Crippen molar-refractivity contribution in [1.82, 2.24) is 0 Å². The molecule has 1 fully saturated rings. The summed E-state index contributed by atoms with van der Waals surface area (Å²) in [6, 6.07) is 0. The topological polar surface area (TPSA) is 121 Å². The Hall–Kier alpha value is 0.110. The quantitative estimate of drug-likeness (QED) is 0.302. The average Bonchev–Trinajstić information content (AvgIpc) is 2.33. The Morgan fingerprint density at radius 3 is 1.27 bits per heavy atom. The minimum Gasteiger partial charge on any atom is -0.395 e. The number of rotatable bonds is 2. The first-order valence-electron chi connectivity index (χ1n) is 4.62. The van der Waals surface area contributed by atoms with Crippen molar-refractivity contribution < 1.29 is 30.6 Å². The molecule has 1 aliphatic rings. The van der Waals surface area contributed by atoms with E-state index in [1.807, 2.05) is 0 Å². The zero-order valence-electron chi connectivity index (χ0n) is 7.97. The number of hydrogen-bond donors (Lipinski definition) is 6. The van der Waals surface area contributed by atoms with Gasteiger partial charge in [-0.05, 0) is 0 Å². The van der Waals surface area contributed by atoms with E-state index in [2.05, 4.69) is 0 Å². The number of aliphatic hydroxyl groups excluding tert-OH is 6. The Bertz CT molecular complexity index is 174. The minimum atomic E-state index is -1.53. The van der Waals surface area contributed by atoms with Crippen LogP contribution in [0.2, 0.25) is 0 Å². The van der Waals surface area contributed by atoms with Gasteiger partial charge in [-0.2, -0.15) is 0 Å². The highest BCUT2D eigenvalue weighted by atomic mass is 32.2. The van der Waals surface area contributed by atoms with E-state index < -0.39 is 48.1 Å². The van der Waals surface area contributed by atoms with Gasteiger partial charge < -0.3 is 30.6 Å². The van der Waals surface area contributed by atoms with Gasteiger partial charge in [-0.3, -0.25) is 0 Å². The van der Waals surface area contributed by atoms with Crippen LogP contribution in [0.1, 0.15) is 0 Å². The Morgan fingerprint density at radius 2 is 1.00 bits per heavy atom. The summed E-state index contributed by atoms with van der Waals surface area (Å²) in [4.78, 5) is 0. The van der Waals surface area contributed by atoms with Crippen LogP contribution in [0, 0.1) is 0 Å². The van der Waals surface area contributed by atoms with Gasteiger partial charge in [0.1, 0.15) is 12.2 Å². The van der Waals surface area contributed by atoms with Gasteiger partial charge in [0.15, 0.2) is 0 Å². The lowest BCUT2D eigenvalue weighted by Gasteiger charge is -2.24. The summed E-state index contributed by atoms with van der Waals surface area (Å²) in [5, 5.41) is 54.4. The molecular formula is C8H16O6S. The van der Waals surface area contributed by atoms with Crippen molar-refractivity contribution in [2.24, 2.45) is 0 Å². The third-order valence-electron chi connectivity index (χ3n) is 2.52. The van der Waals surface area contributed by atoms with Crippen LogP contribution in [0.4, 0.5) is 0 Å². The number of hydrogen-bond acceptors (Lipinski definition) is 7. The van der Waals surface area contributed by atoms with Crippen LogP contribution in [0.5, 0.6) is 0 Å². The van der Waals surface area contributed by atoms with Gasteiger partial charge in [-0.1, -0.05) is 0 Å². The predicted molar refractivity (Wildman–Crippen MR) is 53.4 cm³/mol. The van der Waals surface area contributed by atoms with Crippen LogP contribution in [-0.2, 0) is 0 Å². The second-order valence-electron chi connectivity index (χ2n) is 3.54. The van der Waals surface area contributed by atoms with E-state index >= 15 is 0 Å². The highest BCUT2D eigenvalue weighted by Gasteiger charge is 2.43. The minimum absolute atomic E-state index is 0.404. The molecule has 0 aliphatic carbocycles. The molecule has 0 aromatic heterocycles. The van der Waals surface area contributed by atoms with E-state index in [0.717, 1.165) is 11.8 Å². The molecule has 0 amide bonds. The van der Waals surface area contributed by atoms with Gasteiger partial charge in [0.2, 0.25) is 0 Å². The van der Waals surface area contributed by atoms with Crippen molar-refractivity contribution in [1.29, 1.82) is 0 Å². The maximum atomic E-state index is 9.54. The lowest BCUT2D eigenvalue weighted by Crippen LogP contribution is -2.47. The summed E-state index contributed by atoms with van der Waals surface area (Å²) in [6.45, 7) is -0.808. The molecule has 1 heterocycles. The molecule has 0 radical (unpaired) electrons. The van der Waals surface area contributed by atoms with E-state index in [9.17, 15) is 20.4 Å². The summed E-state index contributed by atoms with van der Waals surface area (Å²) in [6.07, 6.45) is -5.72. The normalized spacial score (nSPS) is 47.6. The van der Waals surface area contributed by atoms with Gasteiger partial charge in [0.25, 0.3) is 0 Å². The fourth-order valence-corrected chi connectivity index (χ4v) is 2.80. The Labute approximate surface area is 91.2 Å². The SMILES string of the molecule is OCC1SC(CO)C(O)C(O)C(O)C1O. The third-order valence-corrected chi connectivity index (χ3v) is 4.08. The van der Waals surface area contributed by atoms with Crippen LogP contribution >= 0.6 is 11.8 Å². The summed E-state index contributed by atoms with van der Waals surface area (Å²) < 4.78 is 0. The smallest absolute Gasteiger partial charge is 0.109 e. The Kier molecular flexibility index (Phi) is 4.78. The summed E-state index contributed by atoms with van der Waals surface area (Å²) in [5.41, 5.74) is 0. The monoisotopic (exact) mass is 240 g/mol. The third kappa shape index (κ3) is 2.62. The van der Waals surface area contributed by atoms with Gasteiger partial charge in [0.05, 0.1) is 35.9 Å². The van der Waals surface area contributed by atoms with Crippen molar-refractivity contribution in [3.63, 3.8) is 0 Å². The highest BCUT2D eigenvalue weighted by molar-refractivity contribution is 8.00. The molecule has 7 heteroatoms. The van der Waals surface area contributed by atoms with Crippen molar-refractivity contribution in [3.8, 4) is 0 Å². The summed E-state index contributed by atoms with van der Waals surface area (Å²) in [5.74, 6) is 0. The molecule has 0 spiro atoms. The van der Waals surface area contributed by atoms with Gasteiger partial charge in [-0.25, -0.2) is 0 Å². The summed E-state index contributed by atoms with van der Waals surface area (Å²) in [7, 11) is 0. The average molecular weight is 240 g/mol. The van der Waals surface area contributed by atoms with E-state index in [1.165, 1.54) is 0 Å². The Balaban J connectivity index is 2.85.